The van der Waals surface area contributed by atoms with Gasteiger partial charge in [0.2, 0.25) is 0 Å². The molecule has 1 heterocycles. The van der Waals surface area contributed by atoms with Crippen molar-refractivity contribution in [2.24, 2.45) is 0 Å². The molecule has 0 atom stereocenters. The molecule has 0 spiro atoms. The zero-order valence-electron chi connectivity index (χ0n) is 17.8. The van der Waals surface area contributed by atoms with Crippen molar-refractivity contribution in [2.45, 2.75) is 32.8 Å². The predicted molar refractivity (Wildman–Crippen MR) is 116 cm³/mol. The molecule has 31 heavy (non-hydrogen) atoms. The molecule has 3 aromatic rings. The molecule has 7 heteroatoms. The van der Waals surface area contributed by atoms with Gasteiger partial charge in [0.1, 0.15) is 23.9 Å². The lowest BCUT2D eigenvalue weighted by Crippen LogP contribution is -2.43. The van der Waals surface area contributed by atoms with Gasteiger partial charge in [-0.3, -0.25) is 20.4 Å². The van der Waals surface area contributed by atoms with Crippen molar-refractivity contribution in [1.29, 1.82) is 0 Å². The Balaban J connectivity index is 1.41. The fourth-order valence-electron chi connectivity index (χ4n) is 2.67. The zero-order valence-corrected chi connectivity index (χ0v) is 17.8. The minimum atomic E-state index is -0.575. The predicted octanol–water partition coefficient (Wildman–Crippen LogP) is 4.00. The topological polar surface area (TPSA) is 89.8 Å². The SMILES string of the molecule is CC(C)(C)c1ccc(OCC(=O)NNC(=O)c2ccc(COc3ccccc3)o2)cc1. The van der Waals surface area contributed by atoms with E-state index in [0.29, 0.717) is 17.3 Å². The van der Waals surface area contributed by atoms with Gasteiger partial charge in [-0.2, -0.15) is 0 Å². The number of hydrogen-bond donors (Lipinski definition) is 2. The monoisotopic (exact) mass is 422 g/mol. The number of ether oxygens (including phenoxy) is 2. The second kappa shape index (κ2) is 9.84. The molecule has 2 amide bonds. The number of carbonyl (C=O) groups is 2. The second-order valence-electron chi connectivity index (χ2n) is 7.93. The smallest absolute Gasteiger partial charge is 0.305 e. The number of rotatable bonds is 7. The van der Waals surface area contributed by atoms with Gasteiger partial charge in [-0.25, -0.2) is 0 Å². The molecule has 3 rings (SSSR count). The molecule has 2 N–H and O–H groups in total. The minimum Gasteiger partial charge on any atom is -0.486 e. The first-order valence-electron chi connectivity index (χ1n) is 9.90. The summed E-state index contributed by atoms with van der Waals surface area (Å²) in [6.45, 7) is 6.32. The van der Waals surface area contributed by atoms with Gasteiger partial charge >= 0.3 is 5.91 Å². The molecular formula is C24H26N2O5. The van der Waals surface area contributed by atoms with Gasteiger partial charge in [0.25, 0.3) is 5.91 Å². The molecule has 0 aliphatic rings. The maximum absolute atomic E-state index is 12.1. The van der Waals surface area contributed by atoms with E-state index in [9.17, 15) is 9.59 Å². The van der Waals surface area contributed by atoms with E-state index in [4.69, 9.17) is 13.9 Å². The normalized spacial score (nSPS) is 10.9. The summed E-state index contributed by atoms with van der Waals surface area (Å²) < 4.78 is 16.5. The van der Waals surface area contributed by atoms with E-state index in [-0.39, 0.29) is 24.4 Å². The van der Waals surface area contributed by atoms with Gasteiger partial charge in [0, 0.05) is 0 Å². The summed E-state index contributed by atoms with van der Waals surface area (Å²) in [7, 11) is 0. The lowest BCUT2D eigenvalue weighted by atomic mass is 9.87. The van der Waals surface area contributed by atoms with E-state index < -0.39 is 11.8 Å². The summed E-state index contributed by atoms with van der Waals surface area (Å²) in [6, 6.07) is 20.0. The Morgan fingerprint density at radius 2 is 1.52 bits per heavy atom. The van der Waals surface area contributed by atoms with Crippen LogP contribution in [0.3, 0.4) is 0 Å². The largest absolute Gasteiger partial charge is 0.486 e. The third kappa shape index (κ3) is 6.64. The Bertz CT molecular complexity index is 1000. The molecule has 0 radical (unpaired) electrons. The quantitative estimate of drug-likeness (QED) is 0.562. The number of benzene rings is 2. The Labute approximate surface area is 181 Å². The third-order valence-corrected chi connectivity index (χ3v) is 4.42. The molecule has 0 bridgehead atoms. The molecule has 1 aromatic heterocycles. The Hall–Kier alpha value is -3.74. The van der Waals surface area contributed by atoms with Crippen molar-refractivity contribution in [1.82, 2.24) is 10.9 Å². The van der Waals surface area contributed by atoms with Crippen molar-refractivity contribution in [3.05, 3.63) is 83.8 Å². The standard InChI is InChI=1S/C24H26N2O5/c1-24(2,3)17-9-11-19(12-10-17)30-16-22(27)25-26-23(28)21-14-13-20(31-21)15-29-18-7-5-4-6-8-18/h4-14H,15-16H2,1-3H3,(H,25,27)(H,26,28). The van der Waals surface area contributed by atoms with Crippen LogP contribution in [0, 0.1) is 0 Å². The van der Waals surface area contributed by atoms with E-state index in [1.807, 2.05) is 54.6 Å². The number of furan rings is 1. The van der Waals surface area contributed by atoms with Crippen molar-refractivity contribution in [3.8, 4) is 11.5 Å². The Kier molecular flexibility index (Phi) is 6.97. The molecular weight excluding hydrogens is 396 g/mol. The highest BCUT2D eigenvalue weighted by Gasteiger charge is 2.14. The average molecular weight is 422 g/mol. The molecule has 0 saturated heterocycles. The van der Waals surface area contributed by atoms with Gasteiger partial charge in [0.15, 0.2) is 12.4 Å². The molecule has 2 aromatic carbocycles. The molecule has 7 nitrogen and oxygen atoms in total. The lowest BCUT2D eigenvalue weighted by Gasteiger charge is -2.19. The highest BCUT2D eigenvalue weighted by molar-refractivity contribution is 5.93. The number of amides is 2. The number of carbonyl (C=O) groups excluding carboxylic acids is 2. The fourth-order valence-corrected chi connectivity index (χ4v) is 2.67. The van der Waals surface area contributed by atoms with Crippen LogP contribution in [0.15, 0.2) is 71.1 Å². The molecule has 0 aliphatic carbocycles. The molecule has 0 aliphatic heterocycles. The van der Waals surface area contributed by atoms with Crippen molar-refractivity contribution in [2.75, 3.05) is 6.61 Å². The van der Waals surface area contributed by atoms with Crippen LogP contribution in [-0.4, -0.2) is 18.4 Å². The molecule has 0 unspecified atom stereocenters. The minimum absolute atomic E-state index is 0.0412. The highest BCUT2D eigenvalue weighted by Crippen LogP contribution is 2.24. The zero-order chi connectivity index (χ0) is 22.3. The van der Waals surface area contributed by atoms with E-state index in [1.165, 1.54) is 11.6 Å². The summed E-state index contributed by atoms with van der Waals surface area (Å²) in [5.74, 6) is 0.753. The molecule has 0 saturated carbocycles. The summed E-state index contributed by atoms with van der Waals surface area (Å²) in [5, 5.41) is 0. The van der Waals surface area contributed by atoms with Crippen LogP contribution >= 0.6 is 0 Å². The van der Waals surface area contributed by atoms with Gasteiger partial charge in [-0.05, 0) is 47.4 Å². The first-order valence-corrected chi connectivity index (χ1v) is 9.90. The van der Waals surface area contributed by atoms with E-state index in [0.717, 1.165) is 0 Å². The van der Waals surface area contributed by atoms with E-state index in [2.05, 4.69) is 31.6 Å². The van der Waals surface area contributed by atoms with Crippen LogP contribution in [-0.2, 0) is 16.8 Å². The summed E-state index contributed by atoms with van der Waals surface area (Å²) in [5.41, 5.74) is 5.81. The average Bonchev–Trinajstić information content (AvgIpc) is 3.24. The van der Waals surface area contributed by atoms with Crippen molar-refractivity contribution in [3.63, 3.8) is 0 Å². The van der Waals surface area contributed by atoms with Gasteiger partial charge in [-0.1, -0.05) is 51.1 Å². The van der Waals surface area contributed by atoms with Gasteiger partial charge < -0.3 is 13.9 Å². The van der Waals surface area contributed by atoms with Crippen LogP contribution in [0.25, 0.3) is 0 Å². The fraction of sp³-hybridized carbons (Fsp3) is 0.250. The van der Waals surface area contributed by atoms with Gasteiger partial charge in [0.05, 0.1) is 0 Å². The number of nitrogens with one attached hydrogen (secondary N) is 2. The van der Waals surface area contributed by atoms with Crippen LogP contribution in [0.4, 0.5) is 0 Å². The van der Waals surface area contributed by atoms with Gasteiger partial charge in [-0.15, -0.1) is 0 Å². The summed E-state index contributed by atoms with van der Waals surface area (Å²) in [4.78, 5) is 24.1. The third-order valence-electron chi connectivity index (χ3n) is 4.42. The number of hydrazine groups is 1. The van der Waals surface area contributed by atoms with E-state index >= 15 is 0 Å². The first kappa shape index (κ1) is 22.0. The molecule has 0 fully saturated rings. The van der Waals surface area contributed by atoms with Crippen LogP contribution in [0.1, 0.15) is 42.6 Å². The van der Waals surface area contributed by atoms with Crippen LogP contribution in [0.2, 0.25) is 0 Å². The van der Waals surface area contributed by atoms with Crippen molar-refractivity contribution >= 4 is 11.8 Å². The maximum Gasteiger partial charge on any atom is 0.305 e. The second-order valence-corrected chi connectivity index (χ2v) is 7.93. The lowest BCUT2D eigenvalue weighted by molar-refractivity contribution is -0.123. The summed E-state index contributed by atoms with van der Waals surface area (Å²) >= 11 is 0. The molecule has 162 valence electrons. The Morgan fingerprint density at radius 1 is 0.839 bits per heavy atom. The first-order chi connectivity index (χ1) is 14.8. The van der Waals surface area contributed by atoms with Crippen LogP contribution < -0.4 is 20.3 Å². The van der Waals surface area contributed by atoms with Crippen LogP contribution in [0.5, 0.6) is 11.5 Å². The van der Waals surface area contributed by atoms with Crippen molar-refractivity contribution < 1.29 is 23.5 Å². The highest BCUT2D eigenvalue weighted by atomic mass is 16.5. The number of para-hydroxylation sites is 1. The maximum atomic E-state index is 12.1. The number of hydrogen-bond acceptors (Lipinski definition) is 5. The summed E-state index contributed by atoms with van der Waals surface area (Å²) in [6.07, 6.45) is 0. The Morgan fingerprint density at radius 3 is 2.19 bits per heavy atom. The van der Waals surface area contributed by atoms with E-state index in [1.54, 1.807) is 6.07 Å².